The number of aliphatic hydroxyl groups excluding tert-OH is 1. The molecule has 2 heterocycles. The number of hydrogen-bond acceptors (Lipinski definition) is 7. The van der Waals surface area contributed by atoms with Crippen molar-refractivity contribution < 1.29 is 28.9 Å². The summed E-state index contributed by atoms with van der Waals surface area (Å²) in [5.74, 6) is -0.385. The lowest BCUT2D eigenvalue weighted by Crippen LogP contribution is -2.39. The molecule has 1 unspecified atom stereocenters. The molecule has 2 saturated heterocycles. The SMILES string of the molecule is CCCCOc1ccc(C2/C(=C(\O)c3ccc(Br)cc3)C(=O)C(=O)N2CCCN2CCOCC2)cc1OC. The van der Waals surface area contributed by atoms with Gasteiger partial charge in [0.1, 0.15) is 5.76 Å². The van der Waals surface area contributed by atoms with Crippen molar-refractivity contribution in [2.24, 2.45) is 0 Å². The lowest BCUT2D eigenvalue weighted by atomic mass is 9.95. The number of benzene rings is 2. The first-order valence-corrected chi connectivity index (χ1v) is 13.9. The summed E-state index contributed by atoms with van der Waals surface area (Å²) >= 11 is 3.40. The number of rotatable bonds is 11. The third-order valence-electron chi connectivity index (χ3n) is 6.89. The van der Waals surface area contributed by atoms with Gasteiger partial charge in [0, 0.05) is 36.2 Å². The summed E-state index contributed by atoms with van der Waals surface area (Å²) in [6.45, 7) is 6.92. The van der Waals surface area contributed by atoms with Crippen molar-refractivity contribution >= 4 is 33.4 Å². The molecule has 4 rings (SSSR count). The number of likely N-dealkylation sites (tertiary alicyclic amines) is 1. The van der Waals surface area contributed by atoms with Gasteiger partial charge in [0.15, 0.2) is 11.5 Å². The van der Waals surface area contributed by atoms with E-state index in [-0.39, 0.29) is 11.3 Å². The highest BCUT2D eigenvalue weighted by molar-refractivity contribution is 9.10. The van der Waals surface area contributed by atoms with Crippen LogP contribution in [-0.4, -0.2) is 79.7 Å². The van der Waals surface area contributed by atoms with Crippen molar-refractivity contribution in [3.05, 3.63) is 63.6 Å². The second-order valence-corrected chi connectivity index (χ2v) is 10.3. The first kappa shape index (κ1) is 28.1. The summed E-state index contributed by atoms with van der Waals surface area (Å²) in [6, 6.07) is 11.7. The van der Waals surface area contributed by atoms with Crippen LogP contribution in [-0.2, 0) is 14.3 Å². The first-order chi connectivity index (χ1) is 18.4. The van der Waals surface area contributed by atoms with Gasteiger partial charge < -0.3 is 24.2 Å². The minimum Gasteiger partial charge on any atom is -0.507 e. The van der Waals surface area contributed by atoms with Gasteiger partial charge in [0.2, 0.25) is 0 Å². The maximum Gasteiger partial charge on any atom is 0.295 e. The van der Waals surface area contributed by atoms with Crippen molar-refractivity contribution in [3.63, 3.8) is 0 Å². The summed E-state index contributed by atoms with van der Waals surface area (Å²) in [5.41, 5.74) is 1.22. The zero-order valence-corrected chi connectivity index (χ0v) is 23.5. The van der Waals surface area contributed by atoms with Crippen molar-refractivity contribution in [1.82, 2.24) is 9.80 Å². The monoisotopic (exact) mass is 586 g/mol. The minimum atomic E-state index is -0.748. The number of hydrogen-bond donors (Lipinski definition) is 1. The molecule has 0 spiro atoms. The number of amides is 1. The number of carbonyl (C=O) groups excluding carboxylic acids is 2. The highest BCUT2D eigenvalue weighted by Crippen LogP contribution is 2.42. The molecule has 1 N–H and O–H groups in total. The van der Waals surface area contributed by atoms with Gasteiger partial charge in [-0.15, -0.1) is 0 Å². The number of methoxy groups -OCH3 is 1. The first-order valence-electron chi connectivity index (χ1n) is 13.1. The van der Waals surface area contributed by atoms with E-state index >= 15 is 0 Å². The smallest absolute Gasteiger partial charge is 0.295 e. The predicted molar refractivity (Wildman–Crippen MR) is 148 cm³/mol. The molecule has 0 aliphatic carbocycles. The Labute approximate surface area is 232 Å². The highest BCUT2D eigenvalue weighted by Gasteiger charge is 2.46. The molecular weight excluding hydrogens is 552 g/mol. The number of unbranched alkanes of at least 4 members (excludes halogenated alkanes) is 1. The fraction of sp³-hybridized carbons (Fsp3) is 0.448. The topological polar surface area (TPSA) is 88.5 Å². The summed E-state index contributed by atoms with van der Waals surface area (Å²) < 4.78 is 17.8. The molecule has 2 aromatic rings. The van der Waals surface area contributed by atoms with Crippen LogP contribution in [0.25, 0.3) is 5.76 Å². The summed E-state index contributed by atoms with van der Waals surface area (Å²) in [7, 11) is 1.56. The Balaban J connectivity index is 1.69. The van der Waals surface area contributed by atoms with Gasteiger partial charge >= 0.3 is 0 Å². The number of morpholine rings is 1. The predicted octanol–water partition coefficient (Wildman–Crippen LogP) is 4.78. The van der Waals surface area contributed by atoms with E-state index in [1.165, 1.54) is 0 Å². The number of ketones is 1. The van der Waals surface area contributed by atoms with Crippen LogP contribution in [0, 0.1) is 0 Å². The van der Waals surface area contributed by atoms with E-state index in [0.29, 0.717) is 55.4 Å². The molecule has 38 heavy (non-hydrogen) atoms. The Morgan fingerprint density at radius 1 is 1.05 bits per heavy atom. The molecule has 0 radical (unpaired) electrons. The van der Waals surface area contributed by atoms with Crippen LogP contribution in [0.3, 0.4) is 0 Å². The van der Waals surface area contributed by atoms with Gasteiger partial charge in [-0.1, -0.05) is 47.5 Å². The van der Waals surface area contributed by atoms with Crippen LogP contribution < -0.4 is 9.47 Å². The van der Waals surface area contributed by atoms with Crippen LogP contribution in [0.4, 0.5) is 0 Å². The number of Topliss-reactive ketones (excluding diaryl/α,β-unsaturated/α-hetero) is 1. The molecule has 1 atom stereocenters. The Morgan fingerprint density at radius 3 is 2.47 bits per heavy atom. The van der Waals surface area contributed by atoms with Crippen LogP contribution in [0.1, 0.15) is 43.4 Å². The fourth-order valence-corrected chi connectivity index (χ4v) is 5.07. The summed E-state index contributed by atoms with van der Waals surface area (Å²) in [4.78, 5) is 30.5. The molecule has 0 saturated carbocycles. The number of nitrogens with zero attached hydrogens (tertiary/aromatic N) is 2. The maximum atomic E-state index is 13.3. The second-order valence-electron chi connectivity index (χ2n) is 9.42. The van der Waals surface area contributed by atoms with E-state index in [9.17, 15) is 14.7 Å². The average molecular weight is 588 g/mol. The maximum absolute atomic E-state index is 13.3. The number of halogens is 1. The molecule has 0 aromatic heterocycles. The van der Waals surface area contributed by atoms with Gasteiger partial charge in [0.05, 0.1) is 38.5 Å². The van der Waals surface area contributed by atoms with Crippen LogP contribution in [0.15, 0.2) is 52.5 Å². The van der Waals surface area contributed by atoms with E-state index in [1.807, 2.05) is 6.07 Å². The number of ether oxygens (including phenoxy) is 3. The van der Waals surface area contributed by atoms with Gasteiger partial charge in [0.25, 0.3) is 11.7 Å². The van der Waals surface area contributed by atoms with Crippen molar-refractivity contribution in [2.45, 2.75) is 32.2 Å². The lowest BCUT2D eigenvalue weighted by Gasteiger charge is -2.29. The zero-order chi connectivity index (χ0) is 27.1. The van der Waals surface area contributed by atoms with E-state index in [0.717, 1.165) is 36.9 Å². The molecule has 204 valence electrons. The molecule has 9 heteroatoms. The summed E-state index contributed by atoms with van der Waals surface area (Å²) in [5, 5.41) is 11.3. The van der Waals surface area contributed by atoms with E-state index in [4.69, 9.17) is 14.2 Å². The van der Waals surface area contributed by atoms with E-state index in [2.05, 4.69) is 27.8 Å². The van der Waals surface area contributed by atoms with E-state index < -0.39 is 17.7 Å². The molecule has 2 aliphatic rings. The Bertz CT molecular complexity index is 1160. The van der Waals surface area contributed by atoms with E-state index in [1.54, 1.807) is 48.4 Å². The Kier molecular flexibility index (Phi) is 9.82. The van der Waals surface area contributed by atoms with Crippen molar-refractivity contribution in [3.8, 4) is 11.5 Å². The minimum absolute atomic E-state index is 0.0744. The third kappa shape index (κ3) is 6.39. The van der Waals surface area contributed by atoms with Crippen LogP contribution in [0.5, 0.6) is 11.5 Å². The normalized spacial score (nSPS) is 19.7. The molecule has 2 aliphatic heterocycles. The second kappa shape index (κ2) is 13.3. The summed E-state index contributed by atoms with van der Waals surface area (Å²) in [6.07, 6.45) is 2.62. The Hall–Kier alpha value is -2.88. The number of aliphatic hydroxyl groups is 1. The molecule has 2 aromatic carbocycles. The fourth-order valence-electron chi connectivity index (χ4n) is 4.81. The van der Waals surface area contributed by atoms with Crippen LogP contribution in [0.2, 0.25) is 0 Å². The van der Waals surface area contributed by atoms with Crippen molar-refractivity contribution in [1.29, 1.82) is 0 Å². The van der Waals surface area contributed by atoms with Gasteiger partial charge in [-0.3, -0.25) is 14.5 Å². The van der Waals surface area contributed by atoms with Gasteiger partial charge in [-0.05, 0) is 42.7 Å². The highest BCUT2D eigenvalue weighted by atomic mass is 79.9. The standard InChI is InChI=1S/C29H35BrN2O6/c1-3-4-16-38-23-11-8-21(19-24(23)36-2)26-25(27(33)20-6-9-22(30)10-7-20)28(34)29(35)32(26)13-5-12-31-14-17-37-18-15-31/h6-11,19,26,33H,3-5,12-18H2,1-2H3/b27-25+. The van der Waals surface area contributed by atoms with Crippen LogP contribution >= 0.6 is 15.9 Å². The zero-order valence-electron chi connectivity index (χ0n) is 22.0. The molecule has 1 amide bonds. The molecule has 2 fully saturated rings. The number of carbonyl (C=O) groups is 2. The average Bonchev–Trinajstić information content (AvgIpc) is 3.19. The lowest BCUT2D eigenvalue weighted by molar-refractivity contribution is -0.140. The quantitative estimate of drug-likeness (QED) is 0.175. The van der Waals surface area contributed by atoms with Gasteiger partial charge in [-0.25, -0.2) is 0 Å². The largest absolute Gasteiger partial charge is 0.507 e. The molecular formula is C29H35BrN2O6. The Morgan fingerprint density at radius 2 is 1.79 bits per heavy atom. The van der Waals surface area contributed by atoms with Crippen molar-refractivity contribution in [2.75, 3.05) is 53.1 Å². The molecule has 0 bridgehead atoms. The molecule has 8 nitrogen and oxygen atoms in total. The van der Waals surface area contributed by atoms with Gasteiger partial charge in [-0.2, -0.15) is 0 Å². The third-order valence-corrected chi connectivity index (χ3v) is 7.42.